The van der Waals surface area contributed by atoms with E-state index >= 15 is 0 Å². The number of rotatable bonds is 7. The molecule has 0 aromatic rings. The van der Waals surface area contributed by atoms with Crippen LogP contribution in [0.25, 0.3) is 0 Å². The smallest absolute Gasteiger partial charge is 0.333 e. The normalized spacial score (nSPS) is 47.1. The van der Waals surface area contributed by atoms with Gasteiger partial charge in [0.25, 0.3) is 0 Å². The number of aliphatic hydroxyl groups is 3. The summed E-state index contributed by atoms with van der Waals surface area (Å²) in [5.41, 5.74) is -2.79. The first-order valence-electron chi connectivity index (χ1n) is 16.7. The third kappa shape index (κ3) is 5.41. The molecule has 10 heteroatoms. The van der Waals surface area contributed by atoms with Crippen LogP contribution in [0.2, 0.25) is 0 Å². The Morgan fingerprint density at radius 1 is 1.11 bits per heavy atom. The molecule has 45 heavy (non-hydrogen) atoms. The molecule has 254 valence electrons. The fourth-order valence-electron chi connectivity index (χ4n) is 9.78. The lowest BCUT2D eigenvalue weighted by Gasteiger charge is -2.64. The molecule has 10 nitrogen and oxygen atoms in total. The number of ether oxygens (including phenoxy) is 5. The molecule has 5 aliphatic rings. The minimum absolute atomic E-state index is 0.00871. The van der Waals surface area contributed by atoms with Gasteiger partial charge >= 0.3 is 11.9 Å². The first-order chi connectivity index (χ1) is 21.0. The van der Waals surface area contributed by atoms with E-state index < -0.39 is 59.3 Å². The lowest BCUT2D eigenvalue weighted by molar-refractivity contribution is -0.281. The molecule has 0 amide bonds. The predicted octanol–water partition coefficient (Wildman–Crippen LogP) is 4.13. The largest absolute Gasteiger partial charge is 0.460 e. The number of carbonyl (C=O) groups is 2. The number of aliphatic hydroxyl groups excluding tert-OH is 1. The van der Waals surface area contributed by atoms with Crippen LogP contribution in [0.1, 0.15) is 99.8 Å². The minimum Gasteiger partial charge on any atom is -0.460 e. The van der Waals surface area contributed by atoms with Gasteiger partial charge in [0.1, 0.15) is 23.9 Å². The van der Waals surface area contributed by atoms with Crippen LogP contribution in [0, 0.1) is 22.7 Å². The number of carbonyl (C=O) groups excluding carboxylic acids is 2. The van der Waals surface area contributed by atoms with Crippen molar-refractivity contribution in [3.05, 3.63) is 23.3 Å². The van der Waals surface area contributed by atoms with Crippen molar-refractivity contribution < 1.29 is 48.6 Å². The molecule has 0 aromatic heterocycles. The Labute approximate surface area is 267 Å². The fourth-order valence-corrected chi connectivity index (χ4v) is 9.78. The van der Waals surface area contributed by atoms with E-state index in [2.05, 4.69) is 13.0 Å². The Balaban J connectivity index is 1.44. The summed E-state index contributed by atoms with van der Waals surface area (Å²) in [4.78, 5) is 25.3. The van der Waals surface area contributed by atoms with Gasteiger partial charge in [-0.15, -0.1) is 0 Å². The average molecular weight is 635 g/mol. The zero-order valence-corrected chi connectivity index (χ0v) is 28.2. The SMILES string of the molecule is C/C=C(\C)C(=O)OC1C[C@H]2[C@@H](CC=C3CC(O[C@H]4C[C@H](OC)[C@H](O)[C@@H](C)O4)CC[C@@]32C)[C@]2(O)CC[C@](O)(C(C)OC(C)=O)[C@@]12C. The summed E-state index contributed by atoms with van der Waals surface area (Å²) < 4.78 is 29.7. The van der Waals surface area contributed by atoms with Crippen molar-refractivity contribution in [2.75, 3.05) is 7.11 Å². The summed E-state index contributed by atoms with van der Waals surface area (Å²) in [6, 6.07) is 0. The first kappa shape index (κ1) is 34.5. The average Bonchev–Trinajstić information content (AvgIpc) is 3.22. The molecule has 0 bridgehead atoms. The van der Waals surface area contributed by atoms with Crippen LogP contribution < -0.4 is 0 Å². The van der Waals surface area contributed by atoms with E-state index in [0.717, 1.165) is 19.3 Å². The second-order valence-electron chi connectivity index (χ2n) is 14.8. The molecule has 0 aromatic carbocycles. The van der Waals surface area contributed by atoms with Crippen molar-refractivity contribution in [1.82, 2.24) is 0 Å². The van der Waals surface area contributed by atoms with Gasteiger partial charge in [0.2, 0.25) is 0 Å². The molecule has 0 radical (unpaired) electrons. The number of hydrogen-bond acceptors (Lipinski definition) is 10. The Bertz CT molecular complexity index is 1210. The Hall–Kier alpha value is -1.82. The van der Waals surface area contributed by atoms with Crippen molar-refractivity contribution in [3.8, 4) is 0 Å². The molecule has 0 spiro atoms. The van der Waals surface area contributed by atoms with Crippen LogP contribution in [0.5, 0.6) is 0 Å². The third-order valence-corrected chi connectivity index (χ3v) is 12.8. The highest BCUT2D eigenvalue weighted by atomic mass is 16.7. The topological polar surface area (TPSA) is 141 Å². The summed E-state index contributed by atoms with van der Waals surface area (Å²) >= 11 is 0. The fraction of sp³-hybridized carbons (Fsp3) is 0.829. The molecule has 13 atom stereocenters. The minimum atomic E-state index is -1.60. The van der Waals surface area contributed by atoms with Gasteiger partial charge in [-0.05, 0) is 89.9 Å². The van der Waals surface area contributed by atoms with Crippen LogP contribution in [-0.2, 0) is 33.3 Å². The maximum absolute atomic E-state index is 13.3. The number of allylic oxidation sites excluding steroid dienone is 2. The zero-order valence-electron chi connectivity index (χ0n) is 28.2. The van der Waals surface area contributed by atoms with E-state index in [9.17, 15) is 24.9 Å². The molecule has 3 unspecified atom stereocenters. The second kappa shape index (κ2) is 12.3. The van der Waals surface area contributed by atoms with Gasteiger partial charge in [-0.3, -0.25) is 4.79 Å². The van der Waals surface area contributed by atoms with Gasteiger partial charge in [-0.1, -0.05) is 31.6 Å². The van der Waals surface area contributed by atoms with Crippen molar-refractivity contribution >= 4 is 11.9 Å². The third-order valence-electron chi connectivity index (χ3n) is 12.8. The number of hydrogen-bond donors (Lipinski definition) is 3. The lowest BCUT2D eigenvalue weighted by atomic mass is 9.44. The molecule has 1 saturated heterocycles. The van der Waals surface area contributed by atoms with Crippen molar-refractivity contribution in [2.45, 2.75) is 154 Å². The monoisotopic (exact) mass is 634 g/mol. The van der Waals surface area contributed by atoms with Crippen molar-refractivity contribution in [1.29, 1.82) is 0 Å². The zero-order chi connectivity index (χ0) is 33.1. The van der Waals surface area contributed by atoms with Gasteiger partial charge in [-0.25, -0.2) is 4.79 Å². The van der Waals surface area contributed by atoms with E-state index in [1.54, 1.807) is 34.0 Å². The number of esters is 2. The molecule has 4 fully saturated rings. The van der Waals surface area contributed by atoms with E-state index in [1.807, 2.05) is 13.8 Å². The van der Waals surface area contributed by atoms with E-state index in [1.165, 1.54) is 12.5 Å². The molecular weight excluding hydrogens is 580 g/mol. The van der Waals surface area contributed by atoms with Crippen LogP contribution in [0.4, 0.5) is 0 Å². The van der Waals surface area contributed by atoms with Gasteiger partial charge in [0, 0.05) is 26.0 Å². The summed E-state index contributed by atoms with van der Waals surface area (Å²) in [5.74, 6) is -1.18. The van der Waals surface area contributed by atoms with Crippen LogP contribution >= 0.6 is 0 Å². The molecule has 3 N–H and O–H groups in total. The highest BCUT2D eigenvalue weighted by molar-refractivity contribution is 5.87. The van der Waals surface area contributed by atoms with Crippen LogP contribution in [0.15, 0.2) is 23.3 Å². The molecule has 1 heterocycles. The standard InChI is InChI=1S/C35H54O10/c1-9-19(2)31(38)45-28-17-26-25(35(40)15-14-34(39,33(28,35)7)21(4)43-22(5)36)11-10-23-16-24(12-13-32(23,26)6)44-29-18-27(41-8)30(37)20(3)42-29/h9-10,20-21,24-30,37,39-40H,11-18H2,1-8H3/b19-9+/t20-,21?,24?,25-,26+,27+,28?,29+,30-,32+,33-,34+,35-/m1/s1. The van der Waals surface area contributed by atoms with Crippen LogP contribution in [-0.4, -0.2) is 88.5 Å². The van der Waals surface area contributed by atoms with Crippen LogP contribution in [0.3, 0.4) is 0 Å². The summed E-state index contributed by atoms with van der Waals surface area (Å²) in [5, 5.41) is 35.5. The Kier molecular flexibility index (Phi) is 9.45. The molecular formula is C35H54O10. The molecule has 1 aliphatic heterocycles. The van der Waals surface area contributed by atoms with Gasteiger partial charge in [0.15, 0.2) is 6.29 Å². The molecule has 3 saturated carbocycles. The van der Waals surface area contributed by atoms with E-state index in [0.29, 0.717) is 31.3 Å². The van der Waals surface area contributed by atoms with Crippen molar-refractivity contribution in [3.63, 3.8) is 0 Å². The highest BCUT2D eigenvalue weighted by Crippen LogP contribution is 2.70. The molecule has 4 aliphatic carbocycles. The van der Waals surface area contributed by atoms with Gasteiger partial charge in [0.05, 0.1) is 29.3 Å². The summed E-state index contributed by atoms with van der Waals surface area (Å²) in [6.45, 7) is 12.3. The maximum atomic E-state index is 13.3. The Morgan fingerprint density at radius 3 is 2.47 bits per heavy atom. The highest BCUT2D eigenvalue weighted by Gasteiger charge is 2.77. The quantitative estimate of drug-likeness (QED) is 0.213. The number of methoxy groups -OCH3 is 1. The maximum Gasteiger partial charge on any atom is 0.333 e. The number of fused-ring (bicyclic) bond motifs is 5. The van der Waals surface area contributed by atoms with E-state index in [4.69, 9.17) is 23.7 Å². The lowest BCUT2D eigenvalue weighted by Crippen LogP contribution is -2.72. The Morgan fingerprint density at radius 2 is 1.82 bits per heavy atom. The first-order valence-corrected chi connectivity index (χ1v) is 16.7. The van der Waals surface area contributed by atoms with Crippen molar-refractivity contribution in [2.24, 2.45) is 22.7 Å². The second-order valence-corrected chi connectivity index (χ2v) is 14.8. The van der Waals surface area contributed by atoms with E-state index in [-0.39, 0.29) is 35.9 Å². The predicted molar refractivity (Wildman–Crippen MR) is 165 cm³/mol. The van der Waals surface area contributed by atoms with Gasteiger partial charge < -0.3 is 39.0 Å². The molecule has 5 rings (SSSR count). The summed E-state index contributed by atoms with van der Waals surface area (Å²) in [6.07, 6.45) is 4.66. The van der Waals surface area contributed by atoms with Gasteiger partial charge in [-0.2, -0.15) is 0 Å². The summed E-state index contributed by atoms with van der Waals surface area (Å²) in [7, 11) is 1.59.